The smallest absolute Gasteiger partial charge is 0.236 e. The van der Waals surface area contributed by atoms with Gasteiger partial charge in [-0.25, -0.2) is 0 Å². The maximum atomic E-state index is 12.3. The van der Waals surface area contributed by atoms with Gasteiger partial charge in [0.05, 0.1) is 11.6 Å². The van der Waals surface area contributed by atoms with E-state index >= 15 is 0 Å². The largest absolute Gasteiger partial charge is 0.508 e. The molecule has 0 radical (unpaired) electrons. The van der Waals surface area contributed by atoms with Crippen LogP contribution >= 0.6 is 0 Å². The summed E-state index contributed by atoms with van der Waals surface area (Å²) in [5, 5.41) is 20.0. The average Bonchev–Trinajstić information content (AvgIpc) is 2.82. The zero-order valence-corrected chi connectivity index (χ0v) is 18.2. The number of aromatic hydroxyl groups is 1. The number of rotatable bonds is 5. The van der Waals surface area contributed by atoms with Gasteiger partial charge < -0.3 is 9.84 Å². The molecule has 0 fully saturated rings. The van der Waals surface area contributed by atoms with Crippen molar-refractivity contribution in [3.8, 4) is 17.6 Å². The van der Waals surface area contributed by atoms with Crippen LogP contribution in [-0.2, 0) is 4.79 Å². The van der Waals surface area contributed by atoms with Gasteiger partial charge in [0.25, 0.3) is 0 Å². The normalized spacial score (nSPS) is 15.2. The third kappa shape index (κ3) is 4.70. The summed E-state index contributed by atoms with van der Waals surface area (Å²) in [6.45, 7) is 3.35. The molecule has 0 aliphatic carbocycles. The quantitative estimate of drug-likeness (QED) is 0.306. The Morgan fingerprint density at radius 3 is 2.48 bits per heavy atom. The summed E-state index contributed by atoms with van der Waals surface area (Å²) < 4.78 is 5.91. The van der Waals surface area contributed by atoms with Gasteiger partial charge in [-0.3, -0.25) is 15.6 Å². The van der Waals surface area contributed by atoms with E-state index in [0.717, 1.165) is 22.4 Å². The Morgan fingerprint density at radius 1 is 1.09 bits per heavy atom. The molecule has 4 rings (SSSR count). The molecule has 1 atom stereocenters. The summed E-state index contributed by atoms with van der Waals surface area (Å²) in [6, 6.07) is 24.0. The Morgan fingerprint density at radius 2 is 1.82 bits per heavy atom. The Bertz CT molecular complexity index is 1290. The van der Waals surface area contributed by atoms with Crippen LogP contribution in [0.2, 0.25) is 0 Å². The van der Waals surface area contributed by atoms with E-state index in [2.05, 4.69) is 21.9 Å². The molecular weight excluding hydrogens is 416 g/mol. The molecule has 1 heterocycles. The van der Waals surface area contributed by atoms with Crippen molar-refractivity contribution in [2.24, 2.45) is 4.99 Å². The maximum Gasteiger partial charge on any atom is 0.236 e. The highest BCUT2D eigenvalue weighted by Gasteiger charge is 2.32. The first kappa shape index (κ1) is 21.7. The molecule has 0 amide bonds. The van der Waals surface area contributed by atoms with E-state index in [1.165, 1.54) is 13.0 Å². The molecule has 1 aliphatic heterocycles. The number of nitrogens with zero attached hydrogens (tertiary/aromatic N) is 2. The van der Waals surface area contributed by atoms with Gasteiger partial charge in [-0.15, -0.1) is 0 Å². The van der Waals surface area contributed by atoms with Gasteiger partial charge in [-0.05, 0) is 30.7 Å². The number of amidine groups is 1. The van der Waals surface area contributed by atoms with Crippen molar-refractivity contribution in [3.05, 3.63) is 101 Å². The molecule has 0 spiro atoms. The second kappa shape index (κ2) is 9.28. The number of benzene rings is 3. The van der Waals surface area contributed by atoms with Gasteiger partial charge in [-0.1, -0.05) is 54.1 Å². The van der Waals surface area contributed by atoms with E-state index in [4.69, 9.17) is 4.74 Å². The Kier molecular flexibility index (Phi) is 6.09. The van der Waals surface area contributed by atoms with Gasteiger partial charge in [0.15, 0.2) is 11.6 Å². The number of hydrogen-bond acceptors (Lipinski definition) is 6. The third-order valence-electron chi connectivity index (χ3n) is 5.21. The van der Waals surface area contributed by atoms with E-state index in [0.29, 0.717) is 5.75 Å². The molecule has 0 bridgehead atoms. The molecule has 7 heteroatoms. The summed E-state index contributed by atoms with van der Waals surface area (Å²) in [7, 11) is 0. The van der Waals surface area contributed by atoms with Crippen LogP contribution in [0.5, 0.6) is 11.5 Å². The van der Waals surface area contributed by atoms with Crippen LogP contribution in [0.3, 0.4) is 0 Å². The molecule has 3 aromatic rings. The van der Waals surface area contributed by atoms with Crippen LogP contribution in [0.4, 0.5) is 5.69 Å². The molecule has 1 unspecified atom stereocenters. The minimum atomic E-state index is -0.461. The summed E-state index contributed by atoms with van der Waals surface area (Å²) >= 11 is 0. The fraction of sp³-hybridized carbons (Fsp3) is 0.115. The highest BCUT2D eigenvalue weighted by molar-refractivity contribution is 6.38. The zero-order valence-electron chi connectivity index (χ0n) is 18.2. The van der Waals surface area contributed by atoms with Crippen molar-refractivity contribution >= 4 is 17.3 Å². The molecule has 3 N–H and O–H groups in total. The lowest BCUT2D eigenvalue weighted by Gasteiger charge is -2.26. The van der Waals surface area contributed by atoms with Crippen LogP contribution in [0.1, 0.15) is 29.5 Å². The fourth-order valence-corrected chi connectivity index (χ4v) is 3.54. The van der Waals surface area contributed by atoms with Gasteiger partial charge in [0, 0.05) is 18.6 Å². The molecule has 1 aliphatic rings. The topological polar surface area (TPSA) is 107 Å². The van der Waals surface area contributed by atoms with Crippen LogP contribution < -0.4 is 15.6 Å². The predicted octanol–water partition coefficient (Wildman–Crippen LogP) is 4.56. The Balaban J connectivity index is 1.76. The van der Waals surface area contributed by atoms with Crippen LogP contribution in [-0.4, -0.2) is 16.7 Å². The van der Waals surface area contributed by atoms with E-state index < -0.39 is 5.92 Å². The van der Waals surface area contributed by atoms with E-state index in [1.54, 1.807) is 12.1 Å². The second-order valence-corrected chi connectivity index (χ2v) is 7.63. The lowest BCUT2D eigenvalue weighted by atomic mass is 9.83. The summed E-state index contributed by atoms with van der Waals surface area (Å²) in [4.78, 5) is 16.7. The van der Waals surface area contributed by atoms with Gasteiger partial charge in [-0.2, -0.15) is 10.3 Å². The number of hydrazine groups is 1. The third-order valence-corrected chi connectivity index (χ3v) is 5.21. The van der Waals surface area contributed by atoms with Crippen LogP contribution in [0.15, 0.2) is 89.2 Å². The number of nitriles is 1. The number of ether oxygens (including phenoxy) is 1. The van der Waals surface area contributed by atoms with Gasteiger partial charge in [0.1, 0.15) is 23.1 Å². The number of Topliss-reactive ketones (excluding diaryl/α,β-unsaturated/α-hetero) is 1. The van der Waals surface area contributed by atoms with E-state index in [1.807, 2.05) is 61.5 Å². The molecule has 33 heavy (non-hydrogen) atoms. The summed E-state index contributed by atoms with van der Waals surface area (Å²) in [6.07, 6.45) is 0. The first-order chi connectivity index (χ1) is 16.0. The minimum Gasteiger partial charge on any atom is -0.508 e. The number of aryl methyl sites for hydroxylation is 1. The minimum absolute atomic E-state index is 0.00661. The van der Waals surface area contributed by atoms with Crippen molar-refractivity contribution < 1.29 is 14.6 Å². The molecule has 3 aromatic carbocycles. The first-order valence-corrected chi connectivity index (χ1v) is 10.3. The predicted molar refractivity (Wildman–Crippen MR) is 126 cm³/mol. The maximum absolute atomic E-state index is 12.3. The number of aliphatic imine (C=N–C) groups is 1. The molecular formula is C26H22N4O3. The SMILES string of the molecule is CC(=O)/C(=N\C1=C(C#N)C(c2ccccc2)c2ccc(O)cc2O1)NNc1ccc(C)cc1. The van der Waals surface area contributed by atoms with E-state index in [9.17, 15) is 15.2 Å². The second-order valence-electron chi connectivity index (χ2n) is 7.63. The van der Waals surface area contributed by atoms with Gasteiger partial charge in [0.2, 0.25) is 5.88 Å². The molecule has 0 saturated carbocycles. The number of phenolic OH excluding ortho intramolecular Hbond substituents is 1. The van der Waals surface area contributed by atoms with Crippen molar-refractivity contribution in [2.75, 3.05) is 5.43 Å². The summed E-state index contributed by atoms with van der Waals surface area (Å²) in [5.41, 5.74) is 9.46. The van der Waals surface area contributed by atoms with Crippen LogP contribution in [0, 0.1) is 18.3 Å². The number of nitrogens with one attached hydrogen (secondary N) is 2. The van der Waals surface area contributed by atoms with Crippen molar-refractivity contribution in [1.82, 2.24) is 5.43 Å². The van der Waals surface area contributed by atoms with Crippen molar-refractivity contribution in [3.63, 3.8) is 0 Å². The number of carbonyl (C=O) groups excluding carboxylic acids is 1. The van der Waals surface area contributed by atoms with Crippen LogP contribution in [0.25, 0.3) is 0 Å². The van der Waals surface area contributed by atoms with Crippen molar-refractivity contribution in [1.29, 1.82) is 5.26 Å². The number of allylic oxidation sites excluding steroid dienone is 1. The number of ketones is 1. The fourth-order valence-electron chi connectivity index (χ4n) is 3.54. The van der Waals surface area contributed by atoms with Crippen molar-refractivity contribution in [2.45, 2.75) is 19.8 Å². The molecule has 0 aromatic heterocycles. The number of phenols is 1. The Labute approximate surface area is 191 Å². The molecule has 0 saturated heterocycles. The lowest BCUT2D eigenvalue weighted by molar-refractivity contribution is -0.111. The first-order valence-electron chi connectivity index (χ1n) is 10.3. The number of carbonyl (C=O) groups is 1. The van der Waals surface area contributed by atoms with Gasteiger partial charge >= 0.3 is 0 Å². The Hall–Kier alpha value is -4.57. The number of anilines is 1. The summed E-state index contributed by atoms with van der Waals surface area (Å²) in [5.74, 6) is -0.439. The highest BCUT2D eigenvalue weighted by atomic mass is 16.5. The number of fused-ring (bicyclic) bond motifs is 1. The zero-order chi connectivity index (χ0) is 23.4. The lowest BCUT2D eigenvalue weighted by Crippen LogP contribution is -2.35. The molecule has 7 nitrogen and oxygen atoms in total. The number of hydrogen-bond donors (Lipinski definition) is 3. The molecule has 164 valence electrons. The standard InChI is InChI=1S/C26H22N4O3/c1-16-8-10-19(11-9-16)29-30-25(17(2)31)28-26-22(15-27)24(18-6-4-3-5-7-18)21-13-12-20(32)14-23(21)33-26/h3-14,24,29,32H,1-2H3,(H,28,30). The average molecular weight is 438 g/mol. The highest BCUT2D eigenvalue weighted by Crippen LogP contribution is 2.44. The monoisotopic (exact) mass is 438 g/mol. The van der Waals surface area contributed by atoms with E-state index in [-0.39, 0.29) is 28.8 Å².